The summed E-state index contributed by atoms with van der Waals surface area (Å²) in [5.74, 6) is -0.550. The smallest absolute Gasteiger partial charge is 0.272 e. The van der Waals surface area contributed by atoms with E-state index in [4.69, 9.17) is 9.47 Å². The molecule has 0 saturated carbocycles. The maximum atomic E-state index is 13.6. The van der Waals surface area contributed by atoms with Gasteiger partial charge in [0.05, 0.1) is 19.5 Å². The van der Waals surface area contributed by atoms with Crippen molar-refractivity contribution in [2.24, 2.45) is 0 Å². The molecule has 4 rings (SSSR count). The summed E-state index contributed by atoms with van der Waals surface area (Å²) >= 11 is 1.32. The first kappa shape index (κ1) is 33.3. The summed E-state index contributed by atoms with van der Waals surface area (Å²) in [6, 6.07) is 27.7. The Labute approximate surface area is 271 Å². The van der Waals surface area contributed by atoms with Crippen molar-refractivity contribution in [1.82, 2.24) is 5.32 Å². The van der Waals surface area contributed by atoms with E-state index < -0.39 is 17.1 Å². The van der Waals surface area contributed by atoms with Gasteiger partial charge in [-0.15, -0.1) is 11.8 Å². The zero-order valence-electron chi connectivity index (χ0n) is 25.8. The monoisotopic (exact) mass is 638 g/mol. The summed E-state index contributed by atoms with van der Waals surface area (Å²) in [7, 11) is 3.00. The molecule has 0 spiro atoms. The van der Waals surface area contributed by atoms with E-state index in [0.29, 0.717) is 39.7 Å². The number of carbonyl (C=O) groups is 4. The minimum absolute atomic E-state index is 0.0178. The fraction of sp³-hybridized carbons (Fsp3) is 0.143. The Morgan fingerprint density at radius 3 is 2.07 bits per heavy atom. The van der Waals surface area contributed by atoms with Gasteiger partial charge in [-0.3, -0.25) is 19.2 Å². The second-order valence-electron chi connectivity index (χ2n) is 9.95. The molecular formula is C35H34N4O6S. The van der Waals surface area contributed by atoms with E-state index in [1.54, 1.807) is 97.9 Å². The van der Waals surface area contributed by atoms with E-state index in [1.807, 2.05) is 6.07 Å². The molecule has 4 aromatic rings. The van der Waals surface area contributed by atoms with Gasteiger partial charge in [0, 0.05) is 40.0 Å². The number of para-hydroxylation sites is 1. The van der Waals surface area contributed by atoms with Crippen LogP contribution in [0.15, 0.2) is 108 Å². The lowest BCUT2D eigenvalue weighted by atomic mass is 10.1. The van der Waals surface area contributed by atoms with Crippen LogP contribution in [-0.4, -0.2) is 43.1 Å². The Morgan fingerprint density at radius 1 is 0.739 bits per heavy atom. The first-order valence-electron chi connectivity index (χ1n) is 14.2. The molecule has 4 amide bonds. The van der Waals surface area contributed by atoms with Crippen molar-refractivity contribution in [2.45, 2.75) is 24.0 Å². The standard InChI is InChI=1S/C35H34N4O6S/c1-22(33(41)37-27-18-16-26(17-19-27)36-23(2)40)46-29-14-9-13-28(21-29)38-35(43)30(39-34(42)24-10-6-5-7-11-24)20-25-12-8-15-31(44-3)32(25)45-4/h5-22H,1-4H3,(H,36,40)(H,37,41)(H,38,43)(H,39,42)/b30-20+. The van der Waals surface area contributed by atoms with Gasteiger partial charge in [0.2, 0.25) is 11.8 Å². The minimum Gasteiger partial charge on any atom is -0.493 e. The molecule has 0 bridgehead atoms. The van der Waals surface area contributed by atoms with Crippen molar-refractivity contribution in [1.29, 1.82) is 0 Å². The maximum Gasteiger partial charge on any atom is 0.272 e. The molecule has 0 fully saturated rings. The molecule has 0 saturated heterocycles. The van der Waals surface area contributed by atoms with Crippen molar-refractivity contribution in [3.8, 4) is 11.5 Å². The van der Waals surface area contributed by atoms with Crippen LogP contribution in [0.2, 0.25) is 0 Å². The molecule has 4 aromatic carbocycles. The lowest BCUT2D eigenvalue weighted by Gasteiger charge is -2.15. The third-order valence-electron chi connectivity index (χ3n) is 6.51. The molecule has 0 aliphatic heterocycles. The number of hydrogen-bond donors (Lipinski definition) is 4. The lowest BCUT2D eigenvalue weighted by Crippen LogP contribution is -2.30. The van der Waals surface area contributed by atoms with Crippen LogP contribution in [0.5, 0.6) is 11.5 Å². The fourth-order valence-corrected chi connectivity index (χ4v) is 5.24. The number of methoxy groups -OCH3 is 2. The summed E-state index contributed by atoms with van der Waals surface area (Å²) in [5, 5.41) is 10.7. The predicted octanol–water partition coefficient (Wildman–Crippen LogP) is 6.19. The number of nitrogens with one attached hydrogen (secondary N) is 4. The largest absolute Gasteiger partial charge is 0.493 e. The average Bonchev–Trinajstić information content (AvgIpc) is 3.05. The Hall–Kier alpha value is -5.55. The highest BCUT2D eigenvalue weighted by Gasteiger charge is 2.19. The Kier molecular flexibility index (Phi) is 11.6. The second-order valence-corrected chi connectivity index (χ2v) is 11.4. The first-order valence-corrected chi connectivity index (χ1v) is 15.1. The van der Waals surface area contributed by atoms with Crippen molar-refractivity contribution in [3.63, 3.8) is 0 Å². The van der Waals surface area contributed by atoms with E-state index in [1.165, 1.54) is 39.0 Å². The second kappa shape index (κ2) is 16.0. The minimum atomic E-state index is -0.565. The molecule has 11 heteroatoms. The van der Waals surface area contributed by atoms with Gasteiger partial charge in [-0.25, -0.2) is 0 Å². The van der Waals surface area contributed by atoms with Gasteiger partial charge in [-0.05, 0) is 73.7 Å². The van der Waals surface area contributed by atoms with Crippen LogP contribution in [0.4, 0.5) is 17.1 Å². The van der Waals surface area contributed by atoms with E-state index in [-0.39, 0.29) is 17.5 Å². The molecule has 0 aromatic heterocycles. The van der Waals surface area contributed by atoms with Crippen LogP contribution < -0.4 is 30.7 Å². The van der Waals surface area contributed by atoms with Crippen LogP contribution in [0.25, 0.3) is 6.08 Å². The summed E-state index contributed by atoms with van der Waals surface area (Å²) in [6.45, 7) is 3.20. The quantitative estimate of drug-likeness (QED) is 0.107. The molecule has 0 aliphatic rings. The normalized spacial score (nSPS) is 11.5. The van der Waals surface area contributed by atoms with E-state index in [2.05, 4.69) is 21.3 Å². The van der Waals surface area contributed by atoms with Crippen LogP contribution in [0.3, 0.4) is 0 Å². The molecule has 1 unspecified atom stereocenters. The molecule has 1 atom stereocenters. The lowest BCUT2D eigenvalue weighted by molar-refractivity contribution is -0.115. The van der Waals surface area contributed by atoms with Crippen molar-refractivity contribution < 1.29 is 28.7 Å². The molecule has 10 nitrogen and oxygen atoms in total. The fourth-order valence-electron chi connectivity index (χ4n) is 4.31. The highest BCUT2D eigenvalue weighted by atomic mass is 32.2. The topological polar surface area (TPSA) is 135 Å². The molecule has 0 aliphatic carbocycles. The molecule has 46 heavy (non-hydrogen) atoms. The van der Waals surface area contributed by atoms with Gasteiger partial charge in [0.15, 0.2) is 11.5 Å². The summed E-state index contributed by atoms with van der Waals surface area (Å²) < 4.78 is 10.9. The first-order chi connectivity index (χ1) is 22.2. The zero-order valence-corrected chi connectivity index (χ0v) is 26.6. The summed E-state index contributed by atoms with van der Waals surface area (Å²) in [5.41, 5.74) is 2.58. The molecule has 236 valence electrons. The van der Waals surface area contributed by atoms with Crippen molar-refractivity contribution >= 4 is 58.5 Å². The van der Waals surface area contributed by atoms with Gasteiger partial charge < -0.3 is 30.7 Å². The number of benzene rings is 4. The van der Waals surface area contributed by atoms with Gasteiger partial charge in [0.1, 0.15) is 5.70 Å². The van der Waals surface area contributed by atoms with E-state index >= 15 is 0 Å². The maximum absolute atomic E-state index is 13.6. The third kappa shape index (κ3) is 9.23. The van der Waals surface area contributed by atoms with Crippen molar-refractivity contribution in [3.05, 3.63) is 114 Å². The number of carbonyl (C=O) groups excluding carboxylic acids is 4. The zero-order chi connectivity index (χ0) is 33.1. The van der Waals surface area contributed by atoms with Gasteiger partial charge in [-0.1, -0.05) is 36.4 Å². The Bertz CT molecular complexity index is 1740. The van der Waals surface area contributed by atoms with Crippen molar-refractivity contribution in [2.75, 3.05) is 30.2 Å². The molecular weight excluding hydrogens is 604 g/mol. The van der Waals surface area contributed by atoms with E-state index in [0.717, 1.165) is 4.90 Å². The third-order valence-corrected chi connectivity index (χ3v) is 7.60. The molecule has 0 heterocycles. The summed E-state index contributed by atoms with van der Waals surface area (Å²) in [4.78, 5) is 51.5. The van der Waals surface area contributed by atoms with Crippen LogP contribution >= 0.6 is 11.8 Å². The van der Waals surface area contributed by atoms with Crippen LogP contribution in [-0.2, 0) is 14.4 Å². The highest BCUT2D eigenvalue weighted by Crippen LogP contribution is 2.32. The number of thioether (sulfide) groups is 1. The average molecular weight is 639 g/mol. The van der Waals surface area contributed by atoms with E-state index in [9.17, 15) is 19.2 Å². The Morgan fingerprint density at radius 2 is 1.41 bits per heavy atom. The predicted molar refractivity (Wildman–Crippen MR) is 181 cm³/mol. The van der Waals surface area contributed by atoms with Crippen LogP contribution in [0.1, 0.15) is 29.8 Å². The van der Waals surface area contributed by atoms with Gasteiger partial charge in [0.25, 0.3) is 11.8 Å². The molecule has 4 N–H and O–H groups in total. The van der Waals surface area contributed by atoms with Crippen LogP contribution in [0, 0.1) is 0 Å². The number of hydrogen-bond acceptors (Lipinski definition) is 7. The SMILES string of the molecule is COc1cccc(/C=C(/NC(=O)c2ccccc2)C(=O)Nc2cccc(SC(C)C(=O)Nc3ccc(NC(C)=O)cc3)c2)c1OC. The summed E-state index contributed by atoms with van der Waals surface area (Å²) in [6.07, 6.45) is 1.52. The van der Waals surface area contributed by atoms with Gasteiger partial charge >= 0.3 is 0 Å². The Balaban J connectivity index is 1.50. The highest BCUT2D eigenvalue weighted by molar-refractivity contribution is 8.00. The van der Waals surface area contributed by atoms with Gasteiger partial charge in [-0.2, -0.15) is 0 Å². The number of amides is 4. The number of rotatable bonds is 12. The number of anilines is 3. The number of ether oxygens (including phenoxy) is 2. The molecule has 0 radical (unpaired) electrons.